The van der Waals surface area contributed by atoms with Crippen molar-refractivity contribution in [3.8, 4) is 0 Å². The van der Waals surface area contributed by atoms with E-state index < -0.39 is 0 Å². The summed E-state index contributed by atoms with van der Waals surface area (Å²) in [5.74, 6) is 0.701. The summed E-state index contributed by atoms with van der Waals surface area (Å²) in [6, 6.07) is 6.87. The molecule has 5 nitrogen and oxygen atoms in total. The molecule has 0 aromatic carbocycles. The van der Waals surface area contributed by atoms with E-state index in [4.69, 9.17) is 0 Å². The van der Waals surface area contributed by atoms with Crippen LogP contribution < -0.4 is 0 Å². The number of likely N-dealkylation sites (tertiary alicyclic amines) is 1. The molecule has 0 aliphatic carbocycles. The summed E-state index contributed by atoms with van der Waals surface area (Å²) in [5, 5.41) is 8.33. The smallest absolute Gasteiger partial charge is 0.181 e. The van der Waals surface area contributed by atoms with Crippen LogP contribution in [-0.4, -0.2) is 31.6 Å². The van der Waals surface area contributed by atoms with E-state index in [0.717, 1.165) is 29.8 Å². The average molecular weight is 307 g/mol. The lowest BCUT2D eigenvalue weighted by atomic mass is 10.0. The van der Waals surface area contributed by atoms with Gasteiger partial charge in [-0.15, -0.1) is 0 Å². The van der Waals surface area contributed by atoms with Crippen LogP contribution in [0.5, 0.6) is 0 Å². The number of aromatic amines is 1. The van der Waals surface area contributed by atoms with Crippen LogP contribution in [0.15, 0.2) is 36.8 Å². The standard InChI is InChI=1S/C18H21N5/c1-12-6-17(15-4-3-5-19-9-15)23(10-12)11-14-7-16-13(2)21-22-18(16)20-8-14/h3-5,7-9,12,17H,6,10-11H2,1-2H3,(H,20,21,22). The summed E-state index contributed by atoms with van der Waals surface area (Å²) in [5.41, 5.74) is 4.42. The van der Waals surface area contributed by atoms with E-state index in [-0.39, 0.29) is 0 Å². The molecular formula is C18H21N5. The molecule has 3 aromatic rings. The van der Waals surface area contributed by atoms with E-state index >= 15 is 0 Å². The molecule has 23 heavy (non-hydrogen) atoms. The Morgan fingerprint density at radius 2 is 2.26 bits per heavy atom. The first-order valence-corrected chi connectivity index (χ1v) is 8.14. The maximum Gasteiger partial charge on any atom is 0.181 e. The van der Waals surface area contributed by atoms with Crippen LogP contribution >= 0.6 is 0 Å². The molecule has 4 heterocycles. The van der Waals surface area contributed by atoms with Gasteiger partial charge in [0.1, 0.15) is 0 Å². The number of aromatic nitrogens is 4. The minimum Gasteiger partial charge on any atom is -0.292 e. The lowest BCUT2D eigenvalue weighted by Gasteiger charge is -2.24. The van der Waals surface area contributed by atoms with E-state index in [2.05, 4.69) is 44.1 Å². The second-order valence-corrected chi connectivity index (χ2v) is 6.64. The molecule has 0 saturated carbocycles. The Hall–Kier alpha value is -2.27. The van der Waals surface area contributed by atoms with Gasteiger partial charge >= 0.3 is 0 Å². The number of hydrogen-bond donors (Lipinski definition) is 1. The SMILES string of the molecule is Cc1[nH]nc2ncc(CN3CC(C)CC3c3cccnc3)cc12. The maximum atomic E-state index is 4.48. The minimum atomic E-state index is 0.444. The van der Waals surface area contributed by atoms with Crippen molar-refractivity contribution < 1.29 is 0 Å². The predicted molar refractivity (Wildman–Crippen MR) is 89.8 cm³/mol. The number of pyridine rings is 2. The summed E-state index contributed by atoms with van der Waals surface area (Å²) >= 11 is 0. The first-order chi connectivity index (χ1) is 11.2. The Morgan fingerprint density at radius 1 is 1.35 bits per heavy atom. The predicted octanol–water partition coefficient (Wildman–Crippen LogP) is 3.24. The van der Waals surface area contributed by atoms with E-state index in [0.29, 0.717) is 12.0 Å². The number of hydrogen-bond acceptors (Lipinski definition) is 4. The van der Waals surface area contributed by atoms with Crippen molar-refractivity contribution >= 4 is 11.0 Å². The highest BCUT2D eigenvalue weighted by molar-refractivity contribution is 5.77. The van der Waals surface area contributed by atoms with E-state index in [9.17, 15) is 0 Å². The van der Waals surface area contributed by atoms with Crippen LogP contribution in [0.1, 0.15) is 36.2 Å². The largest absolute Gasteiger partial charge is 0.292 e. The van der Waals surface area contributed by atoms with Crippen molar-refractivity contribution in [2.45, 2.75) is 32.9 Å². The molecule has 0 bridgehead atoms. The van der Waals surface area contributed by atoms with Crippen LogP contribution in [0.4, 0.5) is 0 Å². The molecule has 1 fully saturated rings. The highest BCUT2D eigenvalue weighted by Crippen LogP contribution is 2.36. The second-order valence-electron chi connectivity index (χ2n) is 6.64. The summed E-state index contributed by atoms with van der Waals surface area (Å²) < 4.78 is 0. The van der Waals surface area contributed by atoms with Crippen LogP contribution in [0.25, 0.3) is 11.0 Å². The zero-order valence-electron chi connectivity index (χ0n) is 13.5. The molecule has 1 aliphatic heterocycles. The first kappa shape index (κ1) is 14.3. The Balaban J connectivity index is 1.61. The van der Waals surface area contributed by atoms with E-state index in [1.807, 2.05) is 31.6 Å². The Morgan fingerprint density at radius 3 is 3.09 bits per heavy atom. The van der Waals surface area contributed by atoms with Crippen molar-refractivity contribution in [3.05, 3.63) is 53.6 Å². The number of nitrogens with zero attached hydrogens (tertiary/aromatic N) is 4. The third kappa shape index (κ3) is 2.72. The number of aryl methyl sites for hydroxylation is 1. The third-order valence-corrected chi connectivity index (χ3v) is 4.72. The fourth-order valence-corrected chi connectivity index (χ4v) is 3.61. The molecule has 5 heteroatoms. The molecule has 0 amide bonds. The van der Waals surface area contributed by atoms with Crippen molar-refractivity contribution in [3.63, 3.8) is 0 Å². The highest BCUT2D eigenvalue weighted by atomic mass is 15.2. The molecule has 4 rings (SSSR count). The second kappa shape index (κ2) is 5.74. The Labute approximate surface area is 135 Å². The first-order valence-electron chi connectivity index (χ1n) is 8.14. The zero-order chi connectivity index (χ0) is 15.8. The summed E-state index contributed by atoms with van der Waals surface area (Å²) in [4.78, 5) is 11.3. The van der Waals surface area contributed by atoms with Crippen LogP contribution in [-0.2, 0) is 6.54 Å². The summed E-state index contributed by atoms with van der Waals surface area (Å²) in [6.45, 7) is 6.39. The fourth-order valence-electron chi connectivity index (χ4n) is 3.61. The minimum absolute atomic E-state index is 0.444. The van der Waals surface area contributed by atoms with Gasteiger partial charge in [0.15, 0.2) is 5.65 Å². The van der Waals surface area contributed by atoms with E-state index in [1.54, 1.807) is 0 Å². The van der Waals surface area contributed by atoms with Gasteiger partial charge in [-0.05, 0) is 42.5 Å². The number of rotatable bonds is 3. The molecule has 0 radical (unpaired) electrons. The molecule has 118 valence electrons. The van der Waals surface area contributed by atoms with Crippen LogP contribution in [0.2, 0.25) is 0 Å². The number of fused-ring (bicyclic) bond motifs is 1. The normalized spacial score (nSPS) is 22.0. The van der Waals surface area contributed by atoms with Crippen molar-refractivity contribution in [2.75, 3.05) is 6.54 Å². The third-order valence-electron chi connectivity index (χ3n) is 4.72. The summed E-state index contributed by atoms with van der Waals surface area (Å²) in [7, 11) is 0. The van der Waals surface area contributed by atoms with E-state index in [1.165, 1.54) is 17.5 Å². The van der Waals surface area contributed by atoms with Gasteiger partial charge in [-0.25, -0.2) is 4.98 Å². The molecule has 3 aromatic heterocycles. The molecule has 2 unspecified atom stereocenters. The van der Waals surface area contributed by atoms with Gasteiger partial charge in [-0.1, -0.05) is 13.0 Å². The topological polar surface area (TPSA) is 57.7 Å². The van der Waals surface area contributed by atoms with Crippen molar-refractivity contribution in [2.24, 2.45) is 5.92 Å². The quantitative estimate of drug-likeness (QED) is 0.807. The molecule has 1 saturated heterocycles. The van der Waals surface area contributed by atoms with Crippen LogP contribution in [0, 0.1) is 12.8 Å². The average Bonchev–Trinajstić information content (AvgIpc) is 3.12. The van der Waals surface area contributed by atoms with Gasteiger partial charge in [0.05, 0.1) is 0 Å². The maximum absolute atomic E-state index is 4.48. The van der Waals surface area contributed by atoms with Gasteiger partial charge in [-0.2, -0.15) is 5.10 Å². The van der Waals surface area contributed by atoms with Gasteiger partial charge < -0.3 is 0 Å². The molecule has 1 N–H and O–H groups in total. The fraction of sp³-hybridized carbons (Fsp3) is 0.389. The lowest BCUT2D eigenvalue weighted by molar-refractivity contribution is 0.245. The number of H-pyrrole nitrogens is 1. The molecule has 2 atom stereocenters. The molecular weight excluding hydrogens is 286 g/mol. The monoisotopic (exact) mass is 307 g/mol. The van der Waals surface area contributed by atoms with Crippen LogP contribution in [0.3, 0.4) is 0 Å². The van der Waals surface area contributed by atoms with Gasteiger partial charge in [0.25, 0.3) is 0 Å². The molecule has 0 spiro atoms. The number of nitrogens with one attached hydrogen (secondary N) is 1. The molecule has 1 aliphatic rings. The van der Waals surface area contributed by atoms with Crippen molar-refractivity contribution in [1.82, 2.24) is 25.1 Å². The van der Waals surface area contributed by atoms with Gasteiger partial charge in [-0.3, -0.25) is 15.0 Å². The highest BCUT2D eigenvalue weighted by Gasteiger charge is 2.30. The summed E-state index contributed by atoms with van der Waals surface area (Å²) in [6.07, 6.45) is 6.97. The van der Waals surface area contributed by atoms with Crippen molar-refractivity contribution in [1.29, 1.82) is 0 Å². The van der Waals surface area contributed by atoms with Gasteiger partial charge in [0, 0.05) is 48.8 Å². The lowest BCUT2D eigenvalue weighted by Crippen LogP contribution is -2.23. The Kier molecular flexibility index (Phi) is 3.58. The zero-order valence-corrected chi connectivity index (χ0v) is 13.5. The Bertz CT molecular complexity index is 811. The van der Waals surface area contributed by atoms with Gasteiger partial charge in [0.2, 0.25) is 0 Å².